The molecule has 3 aliphatic rings. The molecule has 22 heavy (non-hydrogen) atoms. The smallest absolute Gasteiger partial charge is 0.229 e. The van der Waals surface area contributed by atoms with Crippen molar-refractivity contribution in [1.29, 1.82) is 0 Å². The lowest BCUT2D eigenvalue weighted by Gasteiger charge is -2.36. The number of rotatable bonds is 3. The quantitative estimate of drug-likeness (QED) is 0.372. The molecule has 6 N–H and O–H groups in total. The van der Waals surface area contributed by atoms with Gasteiger partial charge in [0.05, 0.1) is 35.8 Å². The molecule has 0 spiro atoms. The number of carbonyl (C=O) groups is 1. The lowest BCUT2D eigenvalue weighted by Crippen LogP contribution is -2.61. The third-order valence-electron chi connectivity index (χ3n) is 4.67. The van der Waals surface area contributed by atoms with E-state index in [4.69, 9.17) is 22.1 Å². The summed E-state index contributed by atoms with van der Waals surface area (Å²) in [5.41, 5.74) is 9.25. The first-order valence-corrected chi connectivity index (χ1v) is 8.23. The molecule has 3 fully saturated rings. The first-order valence-electron chi connectivity index (χ1n) is 7.80. The molecule has 3 saturated heterocycles. The fourth-order valence-corrected chi connectivity index (χ4v) is 3.76. The van der Waals surface area contributed by atoms with Gasteiger partial charge in [-0.1, -0.05) is 0 Å². The summed E-state index contributed by atoms with van der Waals surface area (Å²) < 4.78 is 5.47. The van der Waals surface area contributed by atoms with E-state index in [1.165, 1.54) is 0 Å². The van der Waals surface area contributed by atoms with Crippen molar-refractivity contribution in [3.05, 3.63) is 0 Å². The van der Waals surface area contributed by atoms with Crippen molar-refractivity contribution in [1.82, 2.24) is 26.4 Å². The normalized spacial score (nSPS) is 42.9. The van der Waals surface area contributed by atoms with E-state index < -0.39 is 6.17 Å². The first-order chi connectivity index (χ1) is 10.6. The highest BCUT2D eigenvalue weighted by Gasteiger charge is 2.47. The standard InChI is InChI=1S/C13H25ClN6O2/c1-22-9-2-3-16-5-8(9)18-13(21)10-11(15)19-20-6-7(14)4-17-12(10)20/h7-12,16-17,19H,2-6,15H2,1H3,(H,18,21). The third-order valence-corrected chi connectivity index (χ3v) is 4.97. The number of nitrogens with zero attached hydrogens (tertiary/aromatic N) is 1. The van der Waals surface area contributed by atoms with Crippen molar-refractivity contribution in [3.8, 4) is 0 Å². The zero-order valence-corrected chi connectivity index (χ0v) is 13.5. The molecule has 9 heteroatoms. The largest absolute Gasteiger partial charge is 0.379 e. The molecule has 0 aromatic rings. The number of piperidine rings is 1. The number of halogens is 1. The van der Waals surface area contributed by atoms with E-state index in [0.717, 1.165) is 13.0 Å². The Kier molecular flexibility index (Phi) is 5.18. The minimum absolute atomic E-state index is 0.0122. The van der Waals surface area contributed by atoms with Gasteiger partial charge in [-0.05, 0) is 13.0 Å². The Morgan fingerprint density at radius 2 is 2.27 bits per heavy atom. The van der Waals surface area contributed by atoms with Crippen LogP contribution in [0.1, 0.15) is 6.42 Å². The maximum Gasteiger partial charge on any atom is 0.229 e. The van der Waals surface area contributed by atoms with Gasteiger partial charge < -0.3 is 21.1 Å². The number of hydrazine groups is 1. The van der Waals surface area contributed by atoms with Crippen molar-refractivity contribution in [3.63, 3.8) is 0 Å². The highest BCUT2D eigenvalue weighted by atomic mass is 35.5. The van der Waals surface area contributed by atoms with E-state index in [1.54, 1.807) is 7.11 Å². The number of hydrogen-bond donors (Lipinski definition) is 5. The first kappa shape index (κ1) is 16.4. The summed E-state index contributed by atoms with van der Waals surface area (Å²) in [6.45, 7) is 2.96. The average Bonchev–Trinajstić information content (AvgIpc) is 2.82. The van der Waals surface area contributed by atoms with Crippen molar-refractivity contribution in [2.45, 2.75) is 36.3 Å². The minimum Gasteiger partial charge on any atom is -0.379 e. The van der Waals surface area contributed by atoms with Gasteiger partial charge in [-0.15, -0.1) is 11.6 Å². The number of carbonyl (C=O) groups excluding carboxylic acids is 1. The molecule has 0 bridgehead atoms. The molecular weight excluding hydrogens is 308 g/mol. The lowest BCUT2D eigenvalue weighted by atomic mass is 9.99. The molecular formula is C13H25ClN6O2. The zero-order chi connectivity index (χ0) is 15.7. The third kappa shape index (κ3) is 3.23. The Morgan fingerprint density at radius 3 is 3.05 bits per heavy atom. The maximum atomic E-state index is 12.7. The molecule has 8 nitrogen and oxygen atoms in total. The van der Waals surface area contributed by atoms with Crippen LogP contribution in [0.25, 0.3) is 0 Å². The SMILES string of the molecule is COC1CCNCC1NC(=O)C1C(N)NN2CC(Cl)CNC12. The molecule has 0 radical (unpaired) electrons. The van der Waals surface area contributed by atoms with Gasteiger partial charge in [-0.25, -0.2) is 10.4 Å². The molecule has 3 heterocycles. The molecule has 0 aliphatic carbocycles. The van der Waals surface area contributed by atoms with Gasteiger partial charge in [0.15, 0.2) is 0 Å². The molecule has 0 aromatic carbocycles. The number of nitrogens with two attached hydrogens (primary N) is 1. The number of methoxy groups -OCH3 is 1. The molecule has 3 rings (SSSR count). The molecule has 6 unspecified atom stereocenters. The predicted octanol–water partition coefficient (Wildman–Crippen LogP) is -2.26. The van der Waals surface area contributed by atoms with Crippen LogP contribution < -0.4 is 27.1 Å². The molecule has 0 aromatic heterocycles. The summed E-state index contributed by atoms with van der Waals surface area (Å²) in [6, 6.07) is -0.0307. The van der Waals surface area contributed by atoms with Crippen LogP contribution in [-0.2, 0) is 9.53 Å². The summed E-state index contributed by atoms with van der Waals surface area (Å²) in [5, 5.41) is 11.6. The van der Waals surface area contributed by atoms with Crippen LogP contribution in [0.2, 0.25) is 0 Å². The van der Waals surface area contributed by atoms with Crippen LogP contribution in [-0.4, -0.2) is 74.1 Å². The molecule has 6 atom stereocenters. The van der Waals surface area contributed by atoms with Crippen molar-refractivity contribution >= 4 is 17.5 Å². The number of fused-ring (bicyclic) bond motifs is 1. The topological polar surface area (TPSA) is 104 Å². The van der Waals surface area contributed by atoms with Gasteiger partial charge in [0.25, 0.3) is 0 Å². The minimum atomic E-state index is -0.419. The van der Waals surface area contributed by atoms with Crippen molar-refractivity contribution in [2.75, 3.05) is 33.3 Å². The molecule has 0 saturated carbocycles. The molecule has 1 amide bonds. The Bertz CT molecular complexity index is 414. The Morgan fingerprint density at radius 1 is 1.45 bits per heavy atom. The van der Waals surface area contributed by atoms with Crippen LogP contribution in [0.3, 0.4) is 0 Å². The van der Waals surface area contributed by atoms with Crippen LogP contribution in [0, 0.1) is 5.92 Å². The summed E-state index contributed by atoms with van der Waals surface area (Å²) in [6.07, 6.45) is 0.385. The van der Waals surface area contributed by atoms with Gasteiger partial charge in [0.1, 0.15) is 0 Å². The van der Waals surface area contributed by atoms with E-state index in [0.29, 0.717) is 19.6 Å². The van der Waals surface area contributed by atoms with Crippen molar-refractivity contribution in [2.24, 2.45) is 11.7 Å². The monoisotopic (exact) mass is 332 g/mol. The van der Waals surface area contributed by atoms with Crippen LogP contribution in [0.4, 0.5) is 0 Å². The Hall–Kier alpha value is -0.480. The van der Waals surface area contributed by atoms with Gasteiger partial charge >= 0.3 is 0 Å². The van der Waals surface area contributed by atoms with E-state index >= 15 is 0 Å². The van der Waals surface area contributed by atoms with Gasteiger partial charge in [0.2, 0.25) is 5.91 Å². The van der Waals surface area contributed by atoms with E-state index in [-0.39, 0.29) is 35.5 Å². The average molecular weight is 333 g/mol. The number of hydrogen-bond acceptors (Lipinski definition) is 7. The predicted molar refractivity (Wildman–Crippen MR) is 83.0 cm³/mol. The number of nitrogens with one attached hydrogen (secondary N) is 4. The number of alkyl halides is 1. The maximum absolute atomic E-state index is 12.7. The lowest BCUT2D eigenvalue weighted by molar-refractivity contribution is -0.128. The van der Waals surface area contributed by atoms with Crippen LogP contribution in [0.5, 0.6) is 0 Å². The van der Waals surface area contributed by atoms with E-state index in [2.05, 4.69) is 21.4 Å². The second-order valence-electron chi connectivity index (χ2n) is 6.17. The number of ether oxygens (including phenoxy) is 1. The van der Waals surface area contributed by atoms with Gasteiger partial charge in [-0.2, -0.15) is 0 Å². The summed E-state index contributed by atoms with van der Waals surface area (Å²) >= 11 is 6.14. The fourth-order valence-electron chi connectivity index (χ4n) is 3.52. The number of amides is 1. The van der Waals surface area contributed by atoms with Gasteiger partial charge in [0, 0.05) is 26.7 Å². The van der Waals surface area contributed by atoms with Gasteiger partial charge in [-0.3, -0.25) is 10.1 Å². The molecule has 3 aliphatic heterocycles. The van der Waals surface area contributed by atoms with Crippen LogP contribution >= 0.6 is 11.6 Å². The zero-order valence-electron chi connectivity index (χ0n) is 12.7. The highest BCUT2D eigenvalue weighted by Crippen LogP contribution is 2.23. The Labute approximate surface area is 135 Å². The summed E-state index contributed by atoms with van der Waals surface area (Å²) in [5.74, 6) is -0.410. The van der Waals surface area contributed by atoms with E-state index in [9.17, 15) is 4.79 Å². The summed E-state index contributed by atoms with van der Waals surface area (Å²) in [7, 11) is 1.68. The van der Waals surface area contributed by atoms with Crippen LogP contribution in [0.15, 0.2) is 0 Å². The van der Waals surface area contributed by atoms with E-state index in [1.807, 2.05) is 5.01 Å². The Balaban J connectivity index is 1.64. The summed E-state index contributed by atoms with van der Waals surface area (Å²) in [4.78, 5) is 12.7. The van der Waals surface area contributed by atoms with Crippen molar-refractivity contribution < 1.29 is 9.53 Å². The fraction of sp³-hybridized carbons (Fsp3) is 0.923. The highest BCUT2D eigenvalue weighted by molar-refractivity contribution is 6.21. The second kappa shape index (κ2) is 6.96. The second-order valence-corrected chi connectivity index (χ2v) is 6.78. The molecule has 126 valence electrons.